The minimum Gasteiger partial charge on any atom is -0.462 e. The Labute approximate surface area is 141 Å². The highest BCUT2D eigenvalue weighted by Crippen LogP contribution is 2.25. The fraction of sp³-hybridized carbons (Fsp3) is 0.357. The van der Waals surface area contributed by atoms with Gasteiger partial charge in [0.05, 0.1) is 17.1 Å². The molecule has 0 bridgehead atoms. The Balaban J connectivity index is 2.13. The maximum Gasteiger partial charge on any atom is 0.341 e. The van der Waals surface area contributed by atoms with E-state index in [-0.39, 0.29) is 30.1 Å². The average molecular weight is 352 g/mol. The topological polar surface area (TPSA) is 116 Å². The molecule has 0 unspecified atom stereocenters. The molecule has 0 fully saturated rings. The lowest BCUT2D eigenvalue weighted by Gasteiger charge is -2.07. The number of carbonyl (C=O) groups is 2. The number of rotatable bonds is 6. The molecule has 1 N–H and O–H groups in total. The molecule has 2 rings (SSSR count). The van der Waals surface area contributed by atoms with Crippen molar-refractivity contribution < 1.29 is 19.2 Å². The predicted octanol–water partition coefficient (Wildman–Crippen LogP) is 2.29. The zero-order chi connectivity index (χ0) is 17.9. The molecule has 0 spiro atoms. The van der Waals surface area contributed by atoms with Gasteiger partial charge >= 0.3 is 11.7 Å². The van der Waals surface area contributed by atoms with E-state index in [4.69, 9.17) is 4.74 Å². The molecule has 0 aromatic carbocycles. The van der Waals surface area contributed by atoms with E-state index < -0.39 is 16.8 Å². The minimum atomic E-state index is -0.524. The Bertz CT molecular complexity index is 795. The van der Waals surface area contributed by atoms with E-state index in [0.717, 1.165) is 0 Å². The second-order valence-electron chi connectivity index (χ2n) is 4.87. The number of nitrogens with one attached hydrogen (secondary N) is 1. The van der Waals surface area contributed by atoms with Crippen LogP contribution in [0, 0.1) is 24.0 Å². The van der Waals surface area contributed by atoms with Gasteiger partial charge in [0, 0.05) is 0 Å². The Morgan fingerprint density at radius 3 is 2.75 bits per heavy atom. The molecule has 0 aliphatic carbocycles. The van der Waals surface area contributed by atoms with Gasteiger partial charge in [0.25, 0.3) is 0 Å². The summed E-state index contributed by atoms with van der Waals surface area (Å²) in [6.45, 7) is 4.77. The van der Waals surface area contributed by atoms with Gasteiger partial charge in [-0.05, 0) is 32.2 Å². The molecular weight excluding hydrogens is 336 g/mol. The molecule has 0 saturated carbocycles. The van der Waals surface area contributed by atoms with Gasteiger partial charge in [-0.1, -0.05) is 0 Å². The molecule has 10 heteroatoms. The Morgan fingerprint density at radius 1 is 1.46 bits per heavy atom. The molecule has 0 atom stereocenters. The van der Waals surface area contributed by atoms with Crippen LogP contribution in [-0.4, -0.2) is 33.2 Å². The number of thiophene rings is 1. The van der Waals surface area contributed by atoms with Crippen molar-refractivity contribution in [3.05, 3.63) is 38.5 Å². The largest absolute Gasteiger partial charge is 0.462 e. The molecule has 24 heavy (non-hydrogen) atoms. The quantitative estimate of drug-likeness (QED) is 0.484. The summed E-state index contributed by atoms with van der Waals surface area (Å²) in [6, 6.07) is 1.56. The lowest BCUT2D eigenvalue weighted by molar-refractivity contribution is -0.386. The van der Waals surface area contributed by atoms with E-state index in [0.29, 0.717) is 10.7 Å². The molecule has 0 aliphatic rings. The molecule has 2 aromatic heterocycles. The van der Waals surface area contributed by atoms with E-state index in [9.17, 15) is 19.7 Å². The first-order chi connectivity index (χ1) is 11.3. The summed E-state index contributed by atoms with van der Waals surface area (Å²) in [7, 11) is 0. The van der Waals surface area contributed by atoms with Gasteiger partial charge in [-0.15, -0.1) is 11.3 Å². The van der Waals surface area contributed by atoms with Crippen LogP contribution >= 0.6 is 11.3 Å². The average Bonchev–Trinajstić information content (AvgIpc) is 3.04. The monoisotopic (exact) mass is 352 g/mol. The molecule has 2 aromatic rings. The highest BCUT2D eigenvalue weighted by Gasteiger charge is 2.23. The van der Waals surface area contributed by atoms with Crippen molar-refractivity contribution in [3.8, 4) is 0 Å². The van der Waals surface area contributed by atoms with Crippen LogP contribution in [0.15, 0.2) is 11.4 Å². The highest BCUT2D eigenvalue weighted by atomic mass is 32.1. The summed E-state index contributed by atoms with van der Waals surface area (Å²) in [5, 5.41) is 19.6. The van der Waals surface area contributed by atoms with Crippen molar-refractivity contribution in [2.24, 2.45) is 0 Å². The summed E-state index contributed by atoms with van der Waals surface area (Å²) in [6.07, 6.45) is 0. The number of aromatic nitrogens is 2. The maximum absolute atomic E-state index is 12.2. The van der Waals surface area contributed by atoms with Crippen LogP contribution < -0.4 is 5.32 Å². The summed E-state index contributed by atoms with van der Waals surface area (Å²) in [4.78, 5) is 34.4. The number of carbonyl (C=O) groups excluding carboxylic acids is 2. The highest BCUT2D eigenvalue weighted by molar-refractivity contribution is 7.14. The van der Waals surface area contributed by atoms with Crippen LogP contribution in [-0.2, 0) is 16.1 Å². The third-order valence-corrected chi connectivity index (χ3v) is 4.06. The van der Waals surface area contributed by atoms with Gasteiger partial charge in [0.1, 0.15) is 22.9 Å². The Morgan fingerprint density at radius 2 is 2.17 bits per heavy atom. The fourth-order valence-electron chi connectivity index (χ4n) is 2.18. The number of esters is 1. The molecular formula is C14H16N4O5S. The standard InChI is InChI=1S/C14H16N4O5S/c1-4-23-14(20)10-5-6-24-13(10)15-11(19)7-17-9(3)12(18(21)22)8(2)16-17/h5-6H,4,7H2,1-3H3,(H,15,19). The second kappa shape index (κ2) is 7.21. The third-order valence-electron chi connectivity index (χ3n) is 3.23. The number of nitro groups is 1. The lowest BCUT2D eigenvalue weighted by atomic mass is 10.3. The molecule has 0 saturated heterocycles. The van der Waals surface area contributed by atoms with Crippen molar-refractivity contribution in [2.45, 2.75) is 27.3 Å². The van der Waals surface area contributed by atoms with E-state index in [1.807, 2.05) is 0 Å². The Kier molecular flexibility index (Phi) is 5.29. The number of anilines is 1. The number of aryl methyl sites for hydroxylation is 1. The van der Waals surface area contributed by atoms with E-state index in [1.54, 1.807) is 18.4 Å². The van der Waals surface area contributed by atoms with Gasteiger partial charge in [-0.25, -0.2) is 4.79 Å². The second-order valence-corrected chi connectivity index (χ2v) is 5.78. The summed E-state index contributed by atoms with van der Waals surface area (Å²) < 4.78 is 6.18. The van der Waals surface area contributed by atoms with Gasteiger partial charge in [-0.3, -0.25) is 19.6 Å². The van der Waals surface area contributed by atoms with Gasteiger partial charge < -0.3 is 10.1 Å². The number of amides is 1. The van der Waals surface area contributed by atoms with Crippen molar-refractivity contribution in [3.63, 3.8) is 0 Å². The van der Waals surface area contributed by atoms with E-state index in [1.165, 1.54) is 29.9 Å². The van der Waals surface area contributed by atoms with Crippen molar-refractivity contribution in [1.29, 1.82) is 0 Å². The van der Waals surface area contributed by atoms with Crippen LogP contribution in [0.2, 0.25) is 0 Å². The minimum absolute atomic E-state index is 0.105. The fourth-order valence-corrected chi connectivity index (χ4v) is 2.97. The van der Waals surface area contributed by atoms with Gasteiger partial charge in [0.15, 0.2) is 0 Å². The maximum atomic E-state index is 12.2. The van der Waals surface area contributed by atoms with Crippen molar-refractivity contribution in [2.75, 3.05) is 11.9 Å². The molecule has 9 nitrogen and oxygen atoms in total. The number of ether oxygens (including phenoxy) is 1. The normalized spacial score (nSPS) is 10.5. The first-order valence-electron chi connectivity index (χ1n) is 7.08. The SMILES string of the molecule is CCOC(=O)c1ccsc1NC(=O)Cn1nc(C)c([N+](=O)[O-])c1C. The molecule has 0 radical (unpaired) electrons. The van der Waals surface area contributed by atoms with Crippen LogP contribution in [0.25, 0.3) is 0 Å². The number of hydrogen-bond acceptors (Lipinski definition) is 7. The number of nitrogens with zero attached hydrogens (tertiary/aromatic N) is 3. The predicted molar refractivity (Wildman–Crippen MR) is 87.3 cm³/mol. The summed E-state index contributed by atoms with van der Waals surface area (Å²) in [5.74, 6) is -0.959. The molecule has 0 aliphatic heterocycles. The third kappa shape index (κ3) is 3.59. The number of hydrogen-bond donors (Lipinski definition) is 1. The molecule has 128 valence electrons. The smallest absolute Gasteiger partial charge is 0.341 e. The van der Waals surface area contributed by atoms with Crippen molar-refractivity contribution in [1.82, 2.24) is 9.78 Å². The molecule has 1 amide bonds. The van der Waals surface area contributed by atoms with Crippen LogP contribution in [0.4, 0.5) is 10.7 Å². The van der Waals surface area contributed by atoms with Crippen LogP contribution in [0.3, 0.4) is 0 Å². The first-order valence-corrected chi connectivity index (χ1v) is 7.96. The summed E-state index contributed by atoms with van der Waals surface area (Å²) >= 11 is 1.19. The summed E-state index contributed by atoms with van der Waals surface area (Å²) in [5.41, 5.74) is 0.707. The van der Waals surface area contributed by atoms with E-state index >= 15 is 0 Å². The van der Waals surface area contributed by atoms with Crippen molar-refractivity contribution >= 4 is 33.9 Å². The lowest BCUT2D eigenvalue weighted by Crippen LogP contribution is -2.21. The van der Waals surface area contributed by atoms with Crippen LogP contribution in [0.1, 0.15) is 28.7 Å². The first kappa shape index (κ1) is 17.6. The Hall–Kier alpha value is -2.75. The zero-order valence-electron chi connectivity index (χ0n) is 13.4. The van der Waals surface area contributed by atoms with Gasteiger partial charge in [-0.2, -0.15) is 5.10 Å². The van der Waals surface area contributed by atoms with E-state index in [2.05, 4.69) is 10.4 Å². The van der Waals surface area contributed by atoms with Crippen LogP contribution in [0.5, 0.6) is 0 Å². The van der Waals surface area contributed by atoms with Gasteiger partial charge in [0.2, 0.25) is 5.91 Å². The molecule has 2 heterocycles. The zero-order valence-corrected chi connectivity index (χ0v) is 14.2.